The molecular weight excluding hydrogens is 422 g/mol. The minimum atomic E-state index is -0.407. The summed E-state index contributed by atoms with van der Waals surface area (Å²) in [5.74, 6) is 0.152. The van der Waals surface area contributed by atoms with Crippen LogP contribution in [0.25, 0.3) is 11.3 Å². The second kappa shape index (κ2) is 9.51. The maximum absolute atomic E-state index is 12.8. The van der Waals surface area contributed by atoms with Crippen molar-refractivity contribution in [2.24, 2.45) is 0 Å². The van der Waals surface area contributed by atoms with Crippen molar-refractivity contribution in [2.45, 2.75) is 6.92 Å². The van der Waals surface area contributed by atoms with E-state index in [0.29, 0.717) is 35.9 Å². The third-order valence-corrected chi connectivity index (χ3v) is 5.55. The number of hydrogen-bond acceptors (Lipinski definition) is 7. The van der Waals surface area contributed by atoms with E-state index in [1.54, 1.807) is 50.6 Å². The summed E-state index contributed by atoms with van der Waals surface area (Å²) >= 11 is 0. The summed E-state index contributed by atoms with van der Waals surface area (Å²) in [6.45, 7) is 4.42. The number of amides is 2. The highest BCUT2D eigenvalue weighted by Crippen LogP contribution is 2.20. The van der Waals surface area contributed by atoms with Gasteiger partial charge in [-0.05, 0) is 36.4 Å². The van der Waals surface area contributed by atoms with Crippen LogP contribution in [0.4, 0.5) is 17.3 Å². The number of nitrogens with one attached hydrogen (secondary N) is 3. The van der Waals surface area contributed by atoms with E-state index in [1.165, 1.54) is 0 Å². The molecule has 33 heavy (non-hydrogen) atoms. The first-order valence-electron chi connectivity index (χ1n) is 10.6. The molecule has 10 heteroatoms. The van der Waals surface area contributed by atoms with Crippen molar-refractivity contribution in [3.8, 4) is 11.3 Å². The monoisotopic (exact) mass is 447 g/mol. The number of carbonyl (C=O) groups excluding carboxylic acids is 2. The molecule has 4 rings (SSSR count). The molecule has 1 aliphatic heterocycles. The van der Waals surface area contributed by atoms with Crippen LogP contribution < -0.4 is 21.1 Å². The highest BCUT2D eigenvalue weighted by molar-refractivity contribution is 6.04. The standard InChI is InChI=1S/C23H25N7O3/c1-15(31)29-9-11-30(12-10-29)18-5-3-16(4-6-18)21(32)27-20-13-17(14-26-22(20)33)19-7-8-25-23(24-2)28-19/h3-8,13-14H,9-12H2,1-2H3,(H,26,33)(H,27,32)(H,24,25,28). The molecule has 170 valence electrons. The van der Waals surface area contributed by atoms with E-state index in [4.69, 9.17) is 0 Å². The minimum Gasteiger partial charge on any atom is -0.368 e. The predicted octanol–water partition coefficient (Wildman–Crippen LogP) is 1.79. The van der Waals surface area contributed by atoms with Gasteiger partial charge in [-0.2, -0.15) is 0 Å². The van der Waals surface area contributed by atoms with Crippen molar-refractivity contribution in [1.82, 2.24) is 19.9 Å². The molecule has 0 aliphatic carbocycles. The first-order valence-corrected chi connectivity index (χ1v) is 10.6. The van der Waals surface area contributed by atoms with Gasteiger partial charge < -0.3 is 25.4 Å². The predicted molar refractivity (Wildman–Crippen MR) is 126 cm³/mol. The Morgan fingerprint density at radius 1 is 1.06 bits per heavy atom. The summed E-state index contributed by atoms with van der Waals surface area (Å²) in [4.78, 5) is 51.6. The molecule has 3 aromatic rings. The van der Waals surface area contributed by atoms with Crippen LogP contribution in [0.3, 0.4) is 0 Å². The van der Waals surface area contributed by atoms with E-state index in [9.17, 15) is 14.4 Å². The number of nitrogens with zero attached hydrogens (tertiary/aromatic N) is 4. The molecular formula is C23H25N7O3. The van der Waals surface area contributed by atoms with Crippen LogP contribution in [0.15, 0.2) is 53.6 Å². The zero-order valence-electron chi connectivity index (χ0n) is 18.5. The van der Waals surface area contributed by atoms with Gasteiger partial charge in [-0.25, -0.2) is 9.97 Å². The molecule has 3 N–H and O–H groups in total. The van der Waals surface area contributed by atoms with Crippen molar-refractivity contribution in [3.63, 3.8) is 0 Å². The highest BCUT2D eigenvalue weighted by atomic mass is 16.2. The van der Waals surface area contributed by atoms with Gasteiger partial charge in [-0.1, -0.05) is 0 Å². The number of hydrogen-bond donors (Lipinski definition) is 3. The number of pyridine rings is 1. The van der Waals surface area contributed by atoms with E-state index in [1.807, 2.05) is 17.0 Å². The summed E-state index contributed by atoms with van der Waals surface area (Å²) < 4.78 is 0. The molecule has 1 saturated heterocycles. The molecule has 1 aromatic carbocycles. The number of piperazine rings is 1. The number of rotatable bonds is 5. The van der Waals surface area contributed by atoms with E-state index < -0.39 is 5.56 Å². The number of carbonyl (C=O) groups is 2. The van der Waals surface area contributed by atoms with Crippen LogP contribution in [0.5, 0.6) is 0 Å². The van der Waals surface area contributed by atoms with Gasteiger partial charge in [0.05, 0.1) is 5.69 Å². The number of aromatic amines is 1. The van der Waals surface area contributed by atoms with Crippen molar-refractivity contribution in [1.29, 1.82) is 0 Å². The summed E-state index contributed by atoms with van der Waals surface area (Å²) in [7, 11) is 1.72. The average Bonchev–Trinajstić information content (AvgIpc) is 2.85. The lowest BCUT2D eigenvalue weighted by Crippen LogP contribution is -2.48. The highest BCUT2D eigenvalue weighted by Gasteiger charge is 2.19. The van der Waals surface area contributed by atoms with Gasteiger partial charge in [0.2, 0.25) is 11.9 Å². The SMILES string of the molecule is CNc1nccc(-c2c[nH]c(=O)c(NC(=O)c3ccc(N4CCN(C(C)=O)CC4)cc3)c2)n1. The molecule has 2 amide bonds. The van der Waals surface area contributed by atoms with E-state index in [2.05, 4.69) is 30.5 Å². The molecule has 1 aliphatic rings. The van der Waals surface area contributed by atoms with Crippen molar-refractivity contribution >= 4 is 29.1 Å². The van der Waals surface area contributed by atoms with Gasteiger partial charge in [0.25, 0.3) is 11.5 Å². The zero-order valence-corrected chi connectivity index (χ0v) is 18.5. The van der Waals surface area contributed by atoms with Crippen LogP contribution >= 0.6 is 0 Å². The van der Waals surface area contributed by atoms with Crippen LogP contribution in [-0.2, 0) is 4.79 Å². The maximum Gasteiger partial charge on any atom is 0.271 e. The fourth-order valence-corrected chi connectivity index (χ4v) is 3.66. The first-order chi connectivity index (χ1) is 15.9. The minimum absolute atomic E-state index is 0.0860. The second-order valence-corrected chi connectivity index (χ2v) is 7.64. The molecule has 0 saturated carbocycles. The van der Waals surface area contributed by atoms with E-state index in [-0.39, 0.29) is 17.5 Å². The Bertz CT molecular complexity index is 1220. The zero-order chi connectivity index (χ0) is 23.4. The molecule has 0 radical (unpaired) electrons. The summed E-state index contributed by atoms with van der Waals surface area (Å²) in [5, 5.41) is 5.55. The molecule has 3 heterocycles. The van der Waals surface area contributed by atoms with Crippen molar-refractivity contribution < 1.29 is 9.59 Å². The summed E-state index contributed by atoms with van der Waals surface area (Å²) in [6, 6.07) is 10.5. The van der Waals surface area contributed by atoms with Crippen molar-refractivity contribution in [3.05, 3.63) is 64.7 Å². The van der Waals surface area contributed by atoms with Crippen LogP contribution in [-0.4, -0.2) is 64.9 Å². The van der Waals surface area contributed by atoms with Gasteiger partial charge in [0.1, 0.15) is 5.69 Å². The van der Waals surface area contributed by atoms with E-state index >= 15 is 0 Å². The van der Waals surface area contributed by atoms with Gasteiger partial charge in [0, 0.05) is 69.4 Å². The van der Waals surface area contributed by atoms with Crippen molar-refractivity contribution in [2.75, 3.05) is 48.8 Å². The fraction of sp³-hybridized carbons (Fsp3) is 0.261. The van der Waals surface area contributed by atoms with Gasteiger partial charge in [0.15, 0.2) is 0 Å². The summed E-state index contributed by atoms with van der Waals surface area (Å²) in [5.41, 5.74) is 2.39. The Balaban J connectivity index is 1.46. The Labute approximate surface area is 190 Å². The molecule has 10 nitrogen and oxygen atoms in total. The lowest BCUT2D eigenvalue weighted by Gasteiger charge is -2.35. The number of benzene rings is 1. The summed E-state index contributed by atoms with van der Waals surface area (Å²) in [6.07, 6.45) is 3.15. The lowest BCUT2D eigenvalue weighted by atomic mass is 10.1. The molecule has 0 spiro atoms. The average molecular weight is 447 g/mol. The Kier molecular flexibility index (Phi) is 6.34. The van der Waals surface area contributed by atoms with E-state index in [0.717, 1.165) is 18.8 Å². The van der Waals surface area contributed by atoms with Crippen LogP contribution in [0, 0.1) is 0 Å². The fourth-order valence-electron chi connectivity index (χ4n) is 3.66. The molecule has 0 unspecified atom stereocenters. The third-order valence-electron chi connectivity index (χ3n) is 5.55. The lowest BCUT2D eigenvalue weighted by molar-refractivity contribution is -0.129. The first kappa shape index (κ1) is 22.0. The molecule has 1 fully saturated rings. The third kappa shape index (κ3) is 5.00. The largest absolute Gasteiger partial charge is 0.368 e. The Morgan fingerprint density at radius 3 is 2.45 bits per heavy atom. The second-order valence-electron chi connectivity index (χ2n) is 7.64. The Hall–Kier alpha value is -4.21. The van der Waals surface area contributed by atoms with Crippen LogP contribution in [0.1, 0.15) is 17.3 Å². The molecule has 0 atom stereocenters. The van der Waals surface area contributed by atoms with Gasteiger partial charge in [-0.3, -0.25) is 14.4 Å². The maximum atomic E-state index is 12.8. The van der Waals surface area contributed by atoms with Gasteiger partial charge >= 0.3 is 0 Å². The smallest absolute Gasteiger partial charge is 0.271 e. The molecule has 0 bridgehead atoms. The van der Waals surface area contributed by atoms with Gasteiger partial charge in [-0.15, -0.1) is 0 Å². The molecule has 2 aromatic heterocycles. The number of H-pyrrole nitrogens is 1. The quantitative estimate of drug-likeness (QED) is 0.545. The topological polar surface area (TPSA) is 123 Å². The number of anilines is 3. The Morgan fingerprint density at radius 2 is 1.79 bits per heavy atom. The normalized spacial score (nSPS) is 13.5. The van der Waals surface area contributed by atoms with Crippen LogP contribution in [0.2, 0.25) is 0 Å². The number of aromatic nitrogens is 3.